The summed E-state index contributed by atoms with van der Waals surface area (Å²) >= 11 is 5.73. The van der Waals surface area contributed by atoms with Crippen molar-refractivity contribution in [3.63, 3.8) is 0 Å². The second kappa shape index (κ2) is 4.71. The first kappa shape index (κ1) is 13.8. The van der Waals surface area contributed by atoms with Gasteiger partial charge in [0.1, 0.15) is 0 Å². The van der Waals surface area contributed by atoms with Crippen LogP contribution in [0.3, 0.4) is 0 Å². The number of hydrogen-bond donors (Lipinski definition) is 1. The molecule has 108 valence electrons. The predicted molar refractivity (Wildman–Crippen MR) is 79.1 cm³/mol. The van der Waals surface area contributed by atoms with Crippen molar-refractivity contribution in [2.75, 3.05) is 0 Å². The number of halogens is 1. The number of rotatable bonds is 2. The molecular weight excluding hydrogens is 314 g/mol. The highest BCUT2D eigenvalue weighted by Crippen LogP contribution is 2.22. The van der Waals surface area contributed by atoms with E-state index in [1.54, 1.807) is 25.1 Å². The molecule has 0 radical (unpaired) electrons. The highest BCUT2D eigenvalue weighted by molar-refractivity contribution is 7.90. The Hall–Kier alpha value is -2.12. The van der Waals surface area contributed by atoms with Crippen LogP contribution in [-0.4, -0.2) is 22.4 Å². The molecule has 0 amide bonds. The quantitative estimate of drug-likeness (QED) is 0.730. The van der Waals surface area contributed by atoms with Crippen molar-refractivity contribution in [1.82, 2.24) is 13.9 Å². The molecule has 0 atom stereocenters. The van der Waals surface area contributed by atoms with E-state index in [1.807, 2.05) is 0 Å². The van der Waals surface area contributed by atoms with E-state index >= 15 is 0 Å². The number of fused-ring (bicyclic) bond motifs is 1. The molecule has 2 aromatic heterocycles. The van der Waals surface area contributed by atoms with Crippen LogP contribution in [0.15, 0.2) is 46.2 Å². The van der Waals surface area contributed by atoms with Gasteiger partial charge >= 0.3 is 0 Å². The van der Waals surface area contributed by atoms with Crippen LogP contribution in [0.1, 0.15) is 5.56 Å². The Morgan fingerprint density at radius 1 is 1.24 bits per heavy atom. The van der Waals surface area contributed by atoms with E-state index in [0.717, 1.165) is 3.97 Å². The fraction of sp³-hybridized carbons (Fsp3) is 0.0769. The molecule has 0 bridgehead atoms. The Morgan fingerprint density at radius 3 is 2.57 bits per heavy atom. The summed E-state index contributed by atoms with van der Waals surface area (Å²) in [6.45, 7) is 1.64. The van der Waals surface area contributed by atoms with Gasteiger partial charge in [-0.2, -0.15) is 4.98 Å². The van der Waals surface area contributed by atoms with Crippen LogP contribution in [-0.2, 0) is 10.0 Å². The normalized spacial score (nSPS) is 11.9. The minimum absolute atomic E-state index is 0.0186. The Kier molecular flexibility index (Phi) is 3.11. The molecule has 0 fully saturated rings. The summed E-state index contributed by atoms with van der Waals surface area (Å²) < 4.78 is 26.3. The first-order valence-corrected chi connectivity index (χ1v) is 7.81. The minimum atomic E-state index is -3.84. The Balaban J connectivity index is 2.39. The molecule has 0 unspecified atom stereocenters. The summed E-state index contributed by atoms with van der Waals surface area (Å²) in [7, 11) is -3.84. The van der Waals surface area contributed by atoms with Gasteiger partial charge in [0.05, 0.1) is 10.3 Å². The van der Waals surface area contributed by atoms with Gasteiger partial charge in [0, 0.05) is 6.20 Å². The van der Waals surface area contributed by atoms with Gasteiger partial charge in [0.15, 0.2) is 5.65 Å². The van der Waals surface area contributed by atoms with Gasteiger partial charge in [0.25, 0.3) is 15.6 Å². The van der Waals surface area contributed by atoms with Crippen LogP contribution in [0.2, 0.25) is 5.28 Å². The molecule has 6 nitrogen and oxygen atoms in total. The second-order valence-corrected chi connectivity index (χ2v) is 6.65. The fourth-order valence-electron chi connectivity index (χ4n) is 2.14. The molecule has 0 saturated heterocycles. The molecule has 0 aliphatic rings. The van der Waals surface area contributed by atoms with Gasteiger partial charge in [-0.1, -0.05) is 18.2 Å². The average Bonchev–Trinajstić information content (AvgIpc) is 2.77. The van der Waals surface area contributed by atoms with Crippen LogP contribution in [0.25, 0.3) is 11.0 Å². The number of aromatic amines is 1. The summed E-state index contributed by atoms with van der Waals surface area (Å²) in [5, 5.41) is 0.0500. The number of H-pyrrole nitrogens is 1. The maximum atomic E-state index is 12.7. The van der Waals surface area contributed by atoms with Crippen LogP contribution >= 0.6 is 11.6 Å². The lowest BCUT2D eigenvalue weighted by molar-refractivity contribution is 0.588. The smallest absolute Gasteiger partial charge is 0.269 e. The Labute approximate surface area is 125 Å². The Bertz CT molecular complexity index is 991. The molecule has 0 spiro atoms. The van der Waals surface area contributed by atoms with Crippen LogP contribution in [0, 0.1) is 6.92 Å². The first-order valence-electron chi connectivity index (χ1n) is 5.99. The molecule has 3 aromatic rings. The second-order valence-electron chi connectivity index (χ2n) is 4.48. The predicted octanol–water partition coefficient (Wildman–Crippen LogP) is 1.92. The van der Waals surface area contributed by atoms with Gasteiger partial charge in [-0.25, -0.2) is 12.4 Å². The lowest BCUT2D eigenvalue weighted by Gasteiger charge is -2.06. The number of benzene rings is 1. The number of nitrogens with zero attached hydrogens (tertiary/aromatic N) is 2. The zero-order valence-electron chi connectivity index (χ0n) is 10.9. The molecule has 3 rings (SSSR count). The van der Waals surface area contributed by atoms with Crippen LogP contribution < -0.4 is 5.56 Å². The van der Waals surface area contributed by atoms with E-state index in [2.05, 4.69) is 9.97 Å². The molecule has 0 aliphatic carbocycles. The largest absolute Gasteiger partial charge is 0.296 e. The van der Waals surface area contributed by atoms with Gasteiger partial charge in [0.2, 0.25) is 5.28 Å². The molecular formula is C13H10ClN3O3S. The number of hydrogen-bond acceptors (Lipinski definition) is 4. The highest BCUT2D eigenvalue weighted by atomic mass is 35.5. The molecule has 8 heteroatoms. The lowest BCUT2D eigenvalue weighted by atomic mass is 10.3. The lowest BCUT2D eigenvalue weighted by Crippen LogP contribution is -2.14. The monoisotopic (exact) mass is 323 g/mol. The molecule has 1 N–H and O–H groups in total. The van der Waals surface area contributed by atoms with Crippen molar-refractivity contribution in [3.8, 4) is 0 Å². The summed E-state index contributed by atoms with van der Waals surface area (Å²) in [6, 6.07) is 7.92. The number of aromatic nitrogens is 3. The maximum absolute atomic E-state index is 12.7. The van der Waals surface area contributed by atoms with E-state index in [9.17, 15) is 13.2 Å². The molecule has 21 heavy (non-hydrogen) atoms. The van der Waals surface area contributed by atoms with Gasteiger partial charge in [-0.3, -0.25) is 9.78 Å². The maximum Gasteiger partial charge on any atom is 0.269 e. The van der Waals surface area contributed by atoms with E-state index in [0.29, 0.717) is 5.56 Å². The van der Waals surface area contributed by atoms with Crippen molar-refractivity contribution in [1.29, 1.82) is 0 Å². The Morgan fingerprint density at radius 2 is 1.90 bits per heavy atom. The minimum Gasteiger partial charge on any atom is -0.296 e. The third-order valence-corrected chi connectivity index (χ3v) is 4.93. The first-order chi connectivity index (χ1) is 9.91. The average molecular weight is 324 g/mol. The fourth-order valence-corrected chi connectivity index (χ4v) is 3.69. The van der Waals surface area contributed by atoms with Crippen molar-refractivity contribution in [2.45, 2.75) is 11.8 Å². The van der Waals surface area contributed by atoms with Crippen LogP contribution in [0.5, 0.6) is 0 Å². The van der Waals surface area contributed by atoms with Crippen molar-refractivity contribution < 1.29 is 8.42 Å². The van der Waals surface area contributed by atoms with Gasteiger partial charge < -0.3 is 0 Å². The van der Waals surface area contributed by atoms with Crippen molar-refractivity contribution in [2.24, 2.45) is 0 Å². The van der Waals surface area contributed by atoms with E-state index < -0.39 is 15.6 Å². The van der Waals surface area contributed by atoms with Gasteiger partial charge in [-0.05, 0) is 36.2 Å². The molecule has 2 heterocycles. The number of aryl methyl sites for hydroxylation is 1. The van der Waals surface area contributed by atoms with E-state index in [4.69, 9.17) is 11.6 Å². The summed E-state index contributed by atoms with van der Waals surface area (Å²) in [4.78, 5) is 18.3. The van der Waals surface area contributed by atoms with Gasteiger partial charge in [-0.15, -0.1) is 0 Å². The standard InChI is InChI=1S/C13H10ClN3O3S/c1-8-7-17(11-10(8)12(18)16-13(14)15-11)21(19,20)9-5-3-2-4-6-9/h2-7H,1H3,(H,15,16,18). The third-order valence-electron chi connectivity index (χ3n) is 3.09. The zero-order chi connectivity index (χ0) is 15.2. The van der Waals surface area contributed by atoms with Crippen LogP contribution in [0.4, 0.5) is 0 Å². The SMILES string of the molecule is Cc1cn(S(=O)(=O)c2ccccc2)c2nc(Cl)[nH]c(=O)c12. The van der Waals surface area contributed by atoms with Crippen molar-refractivity contribution >= 4 is 32.7 Å². The summed E-state index contributed by atoms with van der Waals surface area (Å²) in [5.74, 6) is 0. The van der Waals surface area contributed by atoms with E-state index in [-0.39, 0.29) is 21.2 Å². The molecule has 0 saturated carbocycles. The molecule has 0 aliphatic heterocycles. The summed E-state index contributed by atoms with van der Waals surface area (Å²) in [6.07, 6.45) is 1.37. The van der Waals surface area contributed by atoms with E-state index in [1.165, 1.54) is 18.3 Å². The van der Waals surface area contributed by atoms with Crippen molar-refractivity contribution in [3.05, 3.63) is 57.7 Å². The third kappa shape index (κ3) is 2.14. The highest BCUT2D eigenvalue weighted by Gasteiger charge is 2.22. The summed E-state index contributed by atoms with van der Waals surface area (Å²) in [5.41, 5.74) is 0.0598. The molecule has 1 aromatic carbocycles. The zero-order valence-corrected chi connectivity index (χ0v) is 12.4. The number of nitrogens with one attached hydrogen (secondary N) is 1. The topological polar surface area (TPSA) is 84.8 Å².